The lowest BCUT2D eigenvalue weighted by Crippen LogP contribution is -2.59. The highest BCUT2D eigenvalue weighted by atomic mass is 19.3. The number of aromatic nitrogens is 2. The minimum atomic E-state index is -2.62. The highest BCUT2D eigenvalue weighted by molar-refractivity contribution is 5.38. The Morgan fingerprint density at radius 1 is 1.08 bits per heavy atom. The third-order valence-corrected chi connectivity index (χ3v) is 5.93. The van der Waals surface area contributed by atoms with E-state index in [9.17, 15) is 8.78 Å². The molecule has 3 saturated heterocycles. The summed E-state index contributed by atoms with van der Waals surface area (Å²) < 4.78 is 35.2. The van der Waals surface area contributed by atoms with Crippen molar-refractivity contribution in [2.45, 2.75) is 37.6 Å². The van der Waals surface area contributed by atoms with Gasteiger partial charge in [0.2, 0.25) is 0 Å². The zero-order valence-corrected chi connectivity index (χ0v) is 13.8. The van der Waals surface area contributed by atoms with Crippen LogP contribution in [0.4, 0.5) is 14.6 Å². The lowest BCUT2D eigenvalue weighted by atomic mass is 9.75. The zero-order valence-electron chi connectivity index (χ0n) is 13.8. The molecular weight excluding hydrogens is 314 g/mol. The second kappa shape index (κ2) is 6.19. The fourth-order valence-electron chi connectivity index (χ4n) is 4.44. The minimum absolute atomic E-state index is 0.0430. The fourth-order valence-corrected chi connectivity index (χ4v) is 4.44. The van der Waals surface area contributed by atoms with Crippen LogP contribution in [0.5, 0.6) is 0 Å². The molecule has 3 fully saturated rings. The molecule has 4 heterocycles. The summed E-state index contributed by atoms with van der Waals surface area (Å²) in [5.74, 6) is -1.92. The largest absolute Gasteiger partial charge is 0.381 e. The summed E-state index contributed by atoms with van der Waals surface area (Å²) in [4.78, 5) is 12.6. The molecule has 24 heavy (non-hydrogen) atoms. The van der Waals surface area contributed by atoms with E-state index in [1.54, 1.807) is 18.6 Å². The Bertz CT molecular complexity index is 567. The van der Waals surface area contributed by atoms with Crippen LogP contribution in [0.25, 0.3) is 0 Å². The number of hydrogen-bond donors (Lipinski definition) is 0. The molecule has 0 amide bonds. The quantitative estimate of drug-likeness (QED) is 0.827. The predicted molar refractivity (Wildman–Crippen MR) is 86.3 cm³/mol. The van der Waals surface area contributed by atoms with Crippen molar-refractivity contribution >= 4 is 5.82 Å². The van der Waals surface area contributed by atoms with E-state index in [2.05, 4.69) is 14.9 Å². The first kappa shape index (κ1) is 16.1. The second-order valence-electron chi connectivity index (χ2n) is 7.28. The Hall–Kier alpha value is -1.34. The topological polar surface area (TPSA) is 41.5 Å². The van der Waals surface area contributed by atoms with Crippen molar-refractivity contribution in [2.24, 2.45) is 5.41 Å². The van der Waals surface area contributed by atoms with Gasteiger partial charge in [-0.05, 0) is 19.3 Å². The average molecular weight is 338 g/mol. The Morgan fingerprint density at radius 3 is 2.67 bits per heavy atom. The molecule has 0 aromatic carbocycles. The molecule has 0 N–H and O–H groups in total. The molecule has 0 radical (unpaired) electrons. The van der Waals surface area contributed by atoms with E-state index in [1.807, 2.05) is 4.90 Å². The lowest BCUT2D eigenvalue weighted by molar-refractivity contribution is -0.167. The molecule has 0 unspecified atom stereocenters. The van der Waals surface area contributed by atoms with Gasteiger partial charge in [0.15, 0.2) is 0 Å². The molecule has 0 bridgehead atoms. The summed E-state index contributed by atoms with van der Waals surface area (Å²) in [5.41, 5.74) is -0.971. The number of piperidine rings is 1. The third-order valence-electron chi connectivity index (χ3n) is 5.93. The maximum absolute atomic E-state index is 14.9. The number of anilines is 1. The first-order valence-electron chi connectivity index (χ1n) is 8.80. The van der Waals surface area contributed by atoms with Crippen molar-refractivity contribution in [3.63, 3.8) is 0 Å². The van der Waals surface area contributed by atoms with Gasteiger partial charge in [0.1, 0.15) is 5.82 Å². The summed E-state index contributed by atoms with van der Waals surface area (Å²) >= 11 is 0. The fraction of sp³-hybridized carbons (Fsp3) is 0.765. The maximum Gasteiger partial charge on any atom is 0.257 e. The van der Waals surface area contributed by atoms with Crippen molar-refractivity contribution in [1.29, 1.82) is 0 Å². The number of halogens is 2. The monoisotopic (exact) mass is 338 g/mol. The first-order valence-corrected chi connectivity index (χ1v) is 8.80. The number of nitrogens with zero attached hydrogens (tertiary/aromatic N) is 4. The van der Waals surface area contributed by atoms with E-state index >= 15 is 0 Å². The SMILES string of the molecule is FC1(F)CCN(C2CCOCC2)C[C@@]12CCN(c1cnccn1)C2. The second-order valence-corrected chi connectivity index (χ2v) is 7.28. The number of ether oxygens (including phenoxy) is 1. The van der Waals surface area contributed by atoms with E-state index < -0.39 is 11.3 Å². The van der Waals surface area contributed by atoms with Crippen LogP contribution in [0.2, 0.25) is 0 Å². The normalized spacial score (nSPS) is 31.7. The van der Waals surface area contributed by atoms with Crippen LogP contribution in [0.1, 0.15) is 25.7 Å². The predicted octanol–water partition coefficient (Wildman–Crippen LogP) is 2.19. The number of likely N-dealkylation sites (tertiary alicyclic amines) is 1. The van der Waals surface area contributed by atoms with Gasteiger partial charge < -0.3 is 9.64 Å². The van der Waals surface area contributed by atoms with Gasteiger partial charge in [-0.25, -0.2) is 13.8 Å². The van der Waals surface area contributed by atoms with Crippen LogP contribution < -0.4 is 4.90 Å². The van der Waals surface area contributed by atoms with E-state index in [0.717, 1.165) is 26.1 Å². The van der Waals surface area contributed by atoms with E-state index in [4.69, 9.17) is 4.74 Å². The standard InChI is InChI=1S/C17H24F2N4O/c18-17(19)4-8-22(14-1-9-24-10-2-14)12-16(17)3-7-23(13-16)15-11-20-5-6-21-15/h5-6,11,14H,1-4,7-10,12-13H2/t16-/m1/s1. The average Bonchev–Trinajstić information content (AvgIpc) is 3.05. The summed E-state index contributed by atoms with van der Waals surface area (Å²) in [7, 11) is 0. The van der Waals surface area contributed by atoms with E-state index in [-0.39, 0.29) is 6.42 Å². The molecule has 3 aliphatic rings. The first-order chi connectivity index (χ1) is 11.6. The molecular formula is C17H24F2N4O. The molecule has 1 spiro atoms. The number of hydrogen-bond acceptors (Lipinski definition) is 5. The van der Waals surface area contributed by atoms with Crippen LogP contribution in [0.15, 0.2) is 18.6 Å². The van der Waals surface area contributed by atoms with Crippen LogP contribution in [-0.2, 0) is 4.74 Å². The van der Waals surface area contributed by atoms with E-state index in [0.29, 0.717) is 44.5 Å². The van der Waals surface area contributed by atoms with Gasteiger partial charge in [0.25, 0.3) is 5.92 Å². The van der Waals surface area contributed by atoms with Crippen LogP contribution in [-0.4, -0.2) is 66.2 Å². The molecule has 1 aromatic heterocycles. The highest BCUT2D eigenvalue weighted by Crippen LogP contribution is 2.50. The summed E-state index contributed by atoms with van der Waals surface area (Å²) in [6.07, 6.45) is 7.27. The highest BCUT2D eigenvalue weighted by Gasteiger charge is 2.60. The van der Waals surface area contributed by atoms with Crippen molar-refractivity contribution < 1.29 is 13.5 Å². The molecule has 1 atom stereocenters. The molecule has 3 aliphatic heterocycles. The van der Waals surface area contributed by atoms with Gasteiger partial charge in [-0.2, -0.15) is 0 Å². The van der Waals surface area contributed by atoms with Crippen LogP contribution >= 0.6 is 0 Å². The Balaban J connectivity index is 1.53. The number of alkyl halides is 2. The summed E-state index contributed by atoms with van der Waals surface area (Å²) in [5, 5.41) is 0. The van der Waals surface area contributed by atoms with E-state index in [1.165, 1.54) is 0 Å². The lowest BCUT2D eigenvalue weighted by Gasteiger charge is -2.49. The van der Waals surface area contributed by atoms with Crippen molar-refractivity contribution in [2.75, 3.05) is 44.3 Å². The van der Waals surface area contributed by atoms with Gasteiger partial charge in [-0.3, -0.25) is 9.88 Å². The molecule has 7 heteroatoms. The minimum Gasteiger partial charge on any atom is -0.381 e. The van der Waals surface area contributed by atoms with Crippen molar-refractivity contribution in [1.82, 2.24) is 14.9 Å². The third kappa shape index (κ3) is 2.77. The Kier molecular flexibility index (Phi) is 4.16. The smallest absolute Gasteiger partial charge is 0.257 e. The van der Waals surface area contributed by atoms with Crippen molar-refractivity contribution in [3.05, 3.63) is 18.6 Å². The summed E-state index contributed by atoms with van der Waals surface area (Å²) in [6, 6.07) is 0.386. The van der Waals surface area contributed by atoms with Crippen LogP contribution in [0, 0.1) is 5.41 Å². The zero-order chi connectivity index (χ0) is 16.6. The van der Waals surface area contributed by atoms with Gasteiger partial charge in [-0.1, -0.05) is 0 Å². The van der Waals surface area contributed by atoms with Gasteiger partial charge >= 0.3 is 0 Å². The molecule has 5 nitrogen and oxygen atoms in total. The Labute approximate surface area is 141 Å². The molecule has 4 rings (SSSR count). The van der Waals surface area contributed by atoms with Gasteiger partial charge in [0, 0.05) is 64.2 Å². The summed E-state index contributed by atoms with van der Waals surface area (Å²) in [6.45, 7) is 3.44. The van der Waals surface area contributed by atoms with Gasteiger partial charge in [-0.15, -0.1) is 0 Å². The van der Waals surface area contributed by atoms with Crippen molar-refractivity contribution in [3.8, 4) is 0 Å². The van der Waals surface area contributed by atoms with Crippen LogP contribution in [0.3, 0.4) is 0 Å². The molecule has 0 aliphatic carbocycles. The number of rotatable bonds is 2. The Morgan fingerprint density at radius 2 is 1.92 bits per heavy atom. The molecule has 132 valence electrons. The molecule has 0 saturated carbocycles. The maximum atomic E-state index is 14.9. The van der Waals surface area contributed by atoms with Gasteiger partial charge in [0.05, 0.1) is 11.6 Å². The molecule has 1 aromatic rings.